The van der Waals surface area contributed by atoms with Crippen LogP contribution in [0.4, 0.5) is 0 Å². The molecule has 0 spiro atoms. The van der Waals surface area contributed by atoms with E-state index in [-0.39, 0.29) is 17.8 Å². The Kier molecular flexibility index (Phi) is 4.52. The van der Waals surface area contributed by atoms with Crippen molar-refractivity contribution in [3.63, 3.8) is 0 Å². The maximum Gasteiger partial charge on any atom is 0.341 e. The Labute approximate surface area is 148 Å². The SMILES string of the molecule is CCOC(=O)c1cn[nH]c1C1CCN(C(=O)CC2CC3CCC2C3)C1. The highest BCUT2D eigenvalue weighted by molar-refractivity contribution is 5.90. The zero-order valence-corrected chi connectivity index (χ0v) is 14.9. The quantitative estimate of drug-likeness (QED) is 0.833. The summed E-state index contributed by atoms with van der Waals surface area (Å²) in [4.78, 5) is 26.7. The van der Waals surface area contributed by atoms with Crippen LogP contribution in [0.25, 0.3) is 0 Å². The van der Waals surface area contributed by atoms with Gasteiger partial charge in [0.1, 0.15) is 5.56 Å². The summed E-state index contributed by atoms with van der Waals surface area (Å²) in [7, 11) is 0. The number of rotatable bonds is 5. The van der Waals surface area contributed by atoms with Crippen molar-refractivity contribution < 1.29 is 14.3 Å². The predicted octanol–water partition coefficient (Wildman–Crippen LogP) is 2.73. The lowest BCUT2D eigenvalue weighted by molar-refractivity contribution is -0.131. The first-order valence-electron chi connectivity index (χ1n) is 9.63. The first-order valence-corrected chi connectivity index (χ1v) is 9.63. The first kappa shape index (κ1) is 16.6. The van der Waals surface area contributed by atoms with Gasteiger partial charge in [0, 0.05) is 25.4 Å². The Morgan fingerprint density at radius 3 is 2.92 bits per heavy atom. The van der Waals surface area contributed by atoms with E-state index in [4.69, 9.17) is 4.74 Å². The van der Waals surface area contributed by atoms with Crippen molar-refractivity contribution in [3.8, 4) is 0 Å². The van der Waals surface area contributed by atoms with Gasteiger partial charge in [-0.25, -0.2) is 4.79 Å². The molecule has 1 aromatic rings. The summed E-state index contributed by atoms with van der Waals surface area (Å²) in [5.74, 6) is 2.37. The number of nitrogens with zero attached hydrogens (tertiary/aromatic N) is 2. The average Bonchev–Trinajstić information content (AvgIpc) is 3.36. The highest BCUT2D eigenvalue weighted by Crippen LogP contribution is 2.49. The summed E-state index contributed by atoms with van der Waals surface area (Å²) in [6.07, 6.45) is 8.41. The van der Waals surface area contributed by atoms with Crippen LogP contribution in [0.2, 0.25) is 0 Å². The summed E-state index contributed by atoms with van der Waals surface area (Å²) in [6, 6.07) is 0. The van der Waals surface area contributed by atoms with Crippen molar-refractivity contribution in [2.75, 3.05) is 19.7 Å². The standard InChI is InChI=1S/C19H27N3O3/c1-2-25-19(24)16-10-20-21-18(16)14-5-6-22(11-14)17(23)9-15-8-12-3-4-13(15)7-12/h10,12-15H,2-9,11H2,1H3,(H,20,21). The Morgan fingerprint density at radius 1 is 1.32 bits per heavy atom. The van der Waals surface area contributed by atoms with Crippen molar-refractivity contribution in [3.05, 3.63) is 17.5 Å². The Bertz CT molecular complexity index is 656. The number of carbonyl (C=O) groups is 2. The number of ether oxygens (including phenoxy) is 1. The number of nitrogens with one attached hydrogen (secondary N) is 1. The van der Waals surface area contributed by atoms with Crippen molar-refractivity contribution in [2.45, 2.75) is 51.4 Å². The molecular formula is C19H27N3O3. The lowest BCUT2D eigenvalue weighted by Crippen LogP contribution is -2.31. The molecule has 1 amide bonds. The maximum atomic E-state index is 12.7. The van der Waals surface area contributed by atoms with Gasteiger partial charge in [-0.2, -0.15) is 5.10 Å². The van der Waals surface area contributed by atoms with Gasteiger partial charge in [-0.05, 0) is 50.4 Å². The van der Waals surface area contributed by atoms with Crippen LogP contribution in [0.1, 0.15) is 67.4 Å². The Morgan fingerprint density at radius 2 is 2.20 bits per heavy atom. The van der Waals surface area contributed by atoms with Gasteiger partial charge < -0.3 is 9.64 Å². The molecule has 1 N–H and O–H groups in total. The third kappa shape index (κ3) is 3.18. The normalized spacial score (nSPS) is 30.8. The lowest BCUT2D eigenvalue weighted by atomic mass is 9.86. The van der Waals surface area contributed by atoms with Crippen LogP contribution >= 0.6 is 0 Å². The van der Waals surface area contributed by atoms with Crippen LogP contribution < -0.4 is 0 Å². The van der Waals surface area contributed by atoms with E-state index in [0.717, 1.165) is 30.5 Å². The van der Waals surface area contributed by atoms with E-state index in [9.17, 15) is 9.59 Å². The third-order valence-electron chi connectivity index (χ3n) is 6.43. The summed E-state index contributed by atoms with van der Waals surface area (Å²) >= 11 is 0. The smallest absolute Gasteiger partial charge is 0.341 e. The number of fused-ring (bicyclic) bond motifs is 2. The molecule has 0 aromatic carbocycles. The van der Waals surface area contributed by atoms with Crippen LogP contribution in [0.5, 0.6) is 0 Å². The predicted molar refractivity (Wildman–Crippen MR) is 92.0 cm³/mol. The van der Waals surface area contributed by atoms with E-state index in [1.165, 1.54) is 31.9 Å². The van der Waals surface area contributed by atoms with E-state index in [1.54, 1.807) is 6.92 Å². The topological polar surface area (TPSA) is 75.3 Å². The monoisotopic (exact) mass is 345 g/mol. The van der Waals surface area contributed by atoms with Gasteiger partial charge >= 0.3 is 5.97 Å². The molecule has 3 fully saturated rings. The van der Waals surface area contributed by atoms with Gasteiger partial charge in [0.25, 0.3) is 0 Å². The summed E-state index contributed by atoms with van der Waals surface area (Å²) in [5.41, 5.74) is 1.32. The van der Waals surface area contributed by atoms with Crippen LogP contribution in [0, 0.1) is 17.8 Å². The van der Waals surface area contributed by atoms with Gasteiger partial charge in [0.15, 0.2) is 0 Å². The number of H-pyrrole nitrogens is 1. The second kappa shape index (κ2) is 6.81. The number of hydrogen-bond acceptors (Lipinski definition) is 4. The van der Waals surface area contributed by atoms with Crippen LogP contribution in [0.3, 0.4) is 0 Å². The van der Waals surface area contributed by atoms with Gasteiger partial charge in [-0.1, -0.05) is 6.42 Å². The second-order valence-electron chi connectivity index (χ2n) is 7.88. The van der Waals surface area contributed by atoms with Gasteiger partial charge in [0.05, 0.1) is 18.5 Å². The van der Waals surface area contributed by atoms with E-state index >= 15 is 0 Å². The fraction of sp³-hybridized carbons (Fsp3) is 0.737. The van der Waals surface area contributed by atoms with Crippen molar-refractivity contribution in [2.24, 2.45) is 17.8 Å². The molecule has 6 nitrogen and oxygen atoms in total. The minimum Gasteiger partial charge on any atom is -0.462 e. The molecule has 2 bridgehead atoms. The summed E-state index contributed by atoms with van der Waals surface area (Å²) in [5, 5.41) is 6.97. The van der Waals surface area contributed by atoms with E-state index in [1.807, 2.05) is 4.90 Å². The number of aromatic nitrogens is 2. The van der Waals surface area contributed by atoms with E-state index < -0.39 is 0 Å². The molecule has 4 atom stereocenters. The average molecular weight is 345 g/mol. The number of hydrogen-bond donors (Lipinski definition) is 1. The zero-order chi connectivity index (χ0) is 17.4. The molecule has 1 saturated heterocycles. The van der Waals surface area contributed by atoms with Crippen LogP contribution in [0.15, 0.2) is 6.20 Å². The Balaban J connectivity index is 1.36. The molecular weight excluding hydrogens is 318 g/mol. The summed E-state index contributed by atoms with van der Waals surface area (Å²) < 4.78 is 5.10. The van der Waals surface area contributed by atoms with E-state index in [0.29, 0.717) is 31.1 Å². The number of esters is 1. The summed E-state index contributed by atoms with van der Waals surface area (Å²) in [6.45, 7) is 3.59. The van der Waals surface area contributed by atoms with Crippen LogP contribution in [-0.4, -0.2) is 46.7 Å². The molecule has 1 aliphatic heterocycles. The van der Waals surface area contributed by atoms with Gasteiger partial charge in [-0.15, -0.1) is 0 Å². The van der Waals surface area contributed by atoms with Gasteiger partial charge in [-0.3, -0.25) is 9.89 Å². The molecule has 4 unspecified atom stereocenters. The number of amides is 1. The lowest BCUT2D eigenvalue weighted by Gasteiger charge is -2.24. The van der Waals surface area contributed by atoms with Crippen molar-refractivity contribution in [1.82, 2.24) is 15.1 Å². The molecule has 2 heterocycles. The number of carbonyl (C=O) groups excluding carboxylic acids is 2. The van der Waals surface area contributed by atoms with Crippen molar-refractivity contribution in [1.29, 1.82) is 0 Å². The fourth-order valence-corrected chi connectivity index (χ4v) is 5.18. The minimum atomic E-state index is -0.335. The molecule has 3 aliphatic rings. The molecule has 136 valence electrons. The first-order chi connectivity index (χ1) is 12.2. The minimum absolute atomic E-state index is 0.144. The third-order valence-corrected chi connectivity index (χ3v) is 6.43. The number of likely N-dealkylation sites (tertiary alicyclic amines) is 1. The zero-order valence-electron chi connectivity index (χ0n) is 14.9. The molecule has 6 heteroatoms. The maximum absolute atomic E-state index is 12.7. The fourth-order valence-electron chi connectivity index (χ4n) is 5.18. The largest absolute Gasteiger partial charge is 0.462 e. The molecule has 4 rings (SSSR count). The molecule has 2 saturated carbocycles. The molecule has 1 aromatic heterocycles. The molecule has 0 radical (unpaired) electrons. The highest BCUT2D eigenvalue weighted by Gasteiger charge is 2.41. The van der Waals surface area contributed by atoms with Gasteiger partial charge in [0.2, 0.25) is 5.91 Å². The molecule has 25 heavy (non-hydrogen) atoms. The van der Waals surface area contributed by atoms with Crippen molar-refractivity contribution >= 4 is 11.9 Å². The molecule has 2 aliphatic carbocycles. The highest BCUT2D eigenvalue weighted by atomic mass is 16.5. The number of aromatic amines is 1. The second-order valence-corrected chi connectivity index (χ2v) is 7.88. The van der Waals surface area contributed by atoms with E-state index in [2.05, 4.69) is 10.2 Å². The van der Waals surface area contributed by atoms with Crippen LogP contribution in [-0.2, 0) is 9.53 Å². The Hall–Kier alpha value is -1.85.